The molecule has 0 radical (unpaired) electrons. The molecule has 0 aromatic heterocycles. The second kappa shape index (κ2) is 13.9. The summed E-state index contributed by atoms with van der Waals surface area (Å²) < 4.78 is 9.96. The molecule has 0 spiro atoms. The second-order valence-electron chi connectivity index (χ2n) is 9.54. The Morgan fingerprint density at radius 1 is 1.19 bits per heavy atom. The molecular weight excluding hydrogens is 462 g/mol. The summed E-state index contributed by atoms with van der Waals surface area (Å²) in [5.74, 6) is 0.746. The van der Waals surface area contributed by atoms with Gasteiger partial charge in [-0.25, -0.2) is 4.79 Å². The van der Waals surface area contributed by atoms with Crippen molar-refractivity contribution in [2.24, 2.45) is 5.92 Å². The van der Waals surface area contributed by atoms with E-state index in [4.69, 9.17) is 11.2 Å². The smallest absolute Gasteiger partial charge is 0.408 e. The van der Waals surface area contributed by atoms with Crippen molar-refractivity contribution in [1.82, 2.24) is 15.5 Å². The van der Waals surface area contributed by atoms with E-state index in [1.165, 1.54) is 18.1 Å². The molecule has 0 aliphatic rings. The first-order chi connectivity index (χ1) is 16.8. The fourth-order valence-corrected chi connectivity index (χ4v) is 3.45. The van der Waals surface area contributed by atoms with Gasteiger partial charge in [-0.1, -0.05) is 44.0 Å². The molecule has 9 nitrogen and oxygen atoms in total. The van der Waals surface area contributed by atoms with Crippen molar-refractivity contribution in [1.29, 1.82) is 0 Å². The van der Waals surface area contributed by atoms with E-state index in [-0.39, 0.29) is 12.5 Å². The van der Waals surface area contributed by atoms with Gasteiger partial charge in [-0.3, -0.25) is 14.4 Å². The van der Waals surface area contributed by atoms with E-state index in [0.29, 0.717) is 17.5 Å². The van der Waals surface area contributed by atoms with Gasteiger partial charge in [-0.2, -0.15) is 0 Å². The van der Waals surface area contributed by atoms with Crippen LogP contribution in [0.15, 0.2) is 36.9 Å². The SMILES string of the molecule is C#Cc1ccccc1C(C(=O)NCC(=O)OC)N(CC=C)C(=O)C(CC(C)C)NC(=O)OC(C)(C)C. The molecule has 0 saturated heterocycles. The van der Waals surface area contributed by atoms with E-state index in [0.717, 1.165) is 0 Å². The Labute approximate surface area is 213 Å². The number of terminal acetylenes is 1. The van der Waals surface area contributed by atoms with Crippen molar-refractivity contribution < 1.29 is 28.7 Å². The molecule has 2 unspecified atom stereocenters. The average Bonchev–Trinajstić information content (AvgIpc) is 2.80. The van der Waals surface area contributed by atoms with Crippen LogP contribution in [-0.4, -0.2) is 60.6 Å². The zero-order valence-corrected chi connectivity index (χ0v) is 21.9. The van der Waals surface area contributed by atoms with E-state index in [1.54, 1.807) is 45.0 Å². The van der Waals surface area contributed by atoms with Crippen molar-refractivity contribution in [3.8, 4) is 12.3 Å². The fraction of sp³-hybridized carbons (Fsp3) is 0.481. The highest BCUT2D eigenvalue weighted by atomic mass is 16.6. The number of carbonyl (C=O) groups excluding carboxylic acids is 4. The number of alkyl carbamates (subject to hydrolysis) is 1. The first-order valence-electron chi connectivity index (χ1n) is 11.7. The minimum Gasteiger partial charge on any atom is -0.468 e. The van der Waals surface area contributed by atoms with Crippen molar-refractivity contribution >= 4 is 23.9 Å². The molecule has 1 rings (SSSR count). The quantitative estimate of drug-likeness (QED) is 0.275. The van der Waals surface area contributed by atoms with E-state index < -0.39 is 48.1 Å². The van der Waals surface area contributed by atoms with Crippen LogP contribution in [0.3, 0.4) is 0 Å². The Balaban J connectivity index is 3.51. The predicted molar refractivity (Wildman–Crippen MR) is 137 cm³/mol. The van der Waals surface area contributed by atoms with Gasteiger partial charge in [0.25, 0.3) is 0 Å². The molecule has 196 valence electrons. The number of rotatable bonds is 11. The van der Waals surface area contributed by atoms with E-state index in [2.05, 4.69) is 27.9 Å². The van der Waals surface area contributed by atoms with Gasteiger partial charge in [0, 0.05) is 12.1 Å². The molecule has 3 amide bonds. The number of benzene rings is 1. The highest BCUT2D eigenvalue weighted by Gasteiger charge is 2.37. The first kappa shape index (κ1) is 30.2. The average molecular weight is 500 g/mol. The van der Waals surface area contributed by atoms with Crippen molar-refractivity contribution in [3.63, 3.8) is 0 Å². The van der Waals surface area contributed by atoms with Crippen LogP contribution >= 0.6 is 0 Å². The third-order valence-electron chi connectivity index (χ3n) is 4.91. The molecule has 2 N–H and O–H groups in total. The Hall–Kier alpha value is -3.80. The summed E-state index contributed by atoms with van der Waals surface area (Å²) in [6, 6.07) is 4.50. The van der Waals surface area contributed by atoms with Gasteiger partial charge in [0.2, 0.25) is 11.8 Å². The minimum atomic E-state index is -1.21. The minimum absolute atomic E-state index is 0.0291. The number of nitrogens with zero attached hydrogens (tertiary/aromatic N) is 1. The molecule has 0 bridgehead atoms. The molecule has 0 saturated carbocycles. The molecule has 2 atom stereocenters. The van der Waals surface area contributed by atoms with Gasteiger partial charge < -0.3 is 25.0 Å². The number of esters is 1. The molecular formula is C27H37N3O6. The lowest BCUT2D eigenvalue weighted by Crippen LogP contribution is -2.53. The van der Waals surface area contributed by atoms with Crippen LogP contribution in [-0.2, 0) is 23.9 Å². The van der Waals surface area contributed by atoms with Gasteiger partial charge in [-0.15, -0.1) is 13.0 Å². The number of amides is 3. The van der Waals surface area contributed by atoms with Crippen LogP contribution in [0.25, 0.3) is 0 Å². The highest BCUT2D eigenvalue weighted by molar-refractivity contribution is 5.93. The molecule has 9 heteroatoms. The maximum Gasteiger partial charge on any atom is 0.408 e. The van der Waals surface area contributed by atoms with Crippen LogP contribution in [0, 0.1) is 18.3 Å². The summed E-state index contributed by atoms with van der Waals surface area (Å²) in [6.07, 6.45) is 6.69. The van der Waals surface area contributed by atoms with Crippen molar-refractivity contribution in [2.75, 3.05) is 20.2 Å². The maximum atomic E-state index is 13.9. The van der Waals surface area contributed by atoms with Crippen molar-refractivity contribution in [3.05, 3.63) is 48.0 Å². The maximum absolute atomic E-state index is 13.9. The predicted octanol–water partition coefficient (Wildman–Crippen LogP) is 2.95. The number of ether oxygens (including phenoxy) is 2. The zero-order chi connectivity index (χ0) is 27.5. The Morgan fingerprint density at radius 2 is 1.83 bits per heavy atom. The van der Waals surface area contributed by atoms with Crippen LogP contribution in [0.4, 0.5) is 4.79 Å². The van der Waals surface area contributed by atoms with Crippen LogP contribution in [0.2, 0.25) is 0 Å². The topological polar surface area (TPSA) is 114 Å². The third-order valence-corrected chi connectivity index (χ3v) is 4.91. The van der Waals surface area contributed by atoms with Crippen LogP contribution < -0.4 is 10.6 Å². The normalized spacial score (nSPS) is 12.5. The summed E-state index contributed by atoms with van der Waals surface area (Å²) in [5.41, 5.74) is 0.0227. The Bertz CT molecular complexity index is 990. The zero-order valence-electron chi connectivity index (χ0n) is 21.9. The Morgan fingerprint density at radius 3 is 2.36 bits per heavy atom. The number of hydrogen-bond acceptors (Lipinski definition) is 6. The van der Waals surface area contributed by atoms with E-state index in [1.807, 2.05) is 13.8 Å². The first-order valence-corrected chi connectivity index (χ1v) is 11.7. The van der Waals surface area contributed by atoms with Gasteiger partial charge in [0.05, 0.1) is 7.11 Å². The molecule has 0 heterocycles. The monoisotopic (exact) mass is 499 g/mol. The lowest BCUT2D eigenvalue weighted by atomic mass is 9.96. The van der Waals surface area contributed by atoms with Gasteiger partial charge in [-0.05, 0) is 44.7 Å². The van der Waals surface area contributed by atoms with Gasteiger partial charge in [0.1, 0.15) is 24.2 Å². The summed E-state index contributed by atoms with van der Waals surface area (Å²) in [5, 5.41) is 5.15. The molecule has 1 aromatic carbocycles. The second-order valence-corrected chi connectivity index (χ2v) is 9.54. The van der Waals surface area contributed by atoms with E-state index >= 15 is 0 Å². The number of hydrogen-bond donors (Lipinski definition) is 2. The summed E-state index contributed by atoms with van der Waals surface area (Å²) >= 11 is 0. The molecule has 0 aliphatic carbocycles. The van der Waals surface area contributed by atoms with E-state index in [9.17, 15) is 19.2 Å². The van der Waals surface area contributed by atoms with Crippen LogP contribution in [0.5, 0.6) is 0 Å². The molecule has 0 aliphatic heterocycles. The summed E-state index contributed by atoms with van der Waals surface area (Å²) in [4.78, 5) is 52.7. The number of nitrogens with one attached hydrogen (secondary N) is 2. The largest absolute Gasteiger partial charge is 0.468 e. The highest BCUT2D eigenvalue weighted by Crippen LogP contribution is 2.26. The molecule has 0 fully saturated rings. The third kappa shape index (κ3) is 9.45. The Kier molecular flexibility index (Phi) is 11.7. The van der Waals surface area contributed by atoms with Crippen molar-refractivity contribution in [2.45, 2.75) is 58.7 Å². The molecule has 1 aromatic rings. The van der Waals surface area contributed by atoms with Gasteiger partial charge in [0.15, 0.2) is 0 Å². The number of methoxy groups -OCH3 is 1. The lowest BCUT2D eigenvalue weighted by Gasteiger charge is -2.34. The molecule has 36 heavy (non-hydrogen) atoms. The summed E-state index contributed by atoms with van der Waals surface area (Å²) in [6.45, 7) is 12.3. The van der Waals surface area contributed by atoms with Crippen LogP contribution in [0.1, 0.15) is 58.2 Å². The summed E-state index contributed by atoms with van der Waals surface area (Å²) in [7, 11) is 1.20. The lowest BCUT2D eigenvalue weighted by molar-refractivity contribution is -0.144. The van der Waals surface area contributed by atoms with Gasteiger partial charge >= 0.3 is 12.1 Å². The number of carbonyl (C=O) groups is 4. The fourth-order valence-electron chi connectivity index (χ4n) is 3.45. The standard InChI is InChI=1S/C27H37N3O6/c1-9-15-30(25(33)21(16-18(3)4)29-26(34)36-27(5,6)7)23(24(32)28-17-22(31)35-8)20-14-12-11-13-19(20)10-2/h2,9,11-14,18,21,23H,1,15-17H2,3-8H3,(H,28,32)(H,29,34).